The first-order valence-electron chi connectivity index (χ1n) is 9.39. The summed E-state index contributed by atoms with van der Waals surface area (Å²) in [4.78, 5) is 17.9. The van der Waals surface area contributed by atoms with Gasteiger partial charge in [0.15, 0.2) is 5.13 Å². The maximum atomic E-state index is 13.2. The Morgan fingerprint density at radius 1 is 1.20 bits per heavy atom. The Balaban J connectivity index is 1.41. The molecule has 0 unspecified atom stereocenters. The summed E-state index contributed by atoms with van der Waals surface area (Å²) in [6.45, 7) is 0. The molecule has 0 saturated heterocycles. The van der Waals surface area contributed by atoms with Crippen LogP contribution in [-0.4, -0.2) is 18.0 Å². The van der Waals surface area contributed by atoms with E-state index in [4.69, 9.17) is 4.74 Å². The molecule has 4 aliphatic rings. The molecule has 5 heteroatoms. The lowest BCUT2D eigenvalue weighted by molar-refractivity contribution is -0.132. The molecule has 1 N–H and O–H groups in total. The predicted molar refractivity (Wildman–Crippen MR) is 100 cm³/mol. The van der Waals surface area contributed by atoms with E-state index in [1.54, 1.807) is 18.4 Å². The molecule has 1 aromatic carbocycles. The van der Waals surface area contributed by atoms with Crippen molar-refractivity contribution in [3.8, 4) is 5.75 Å². The van der Waals surface area contributed by atoms with E-state index in [2.05, 4.69) is 10.3 Å². The number of ether oxygens (including phenoxy) is 1. The summed E-state index contributed by atoms with van der Waals surface area (Å²) >= 11 is 1.54. The van der Waals surface area contributed by atoms with E-state index >= 15 is 0 Å². The normalized spacial score (nSPS) is 33.4. The number of thiazole rings is 1. The summed E-state index contributed by atoms with van der Waals surface area (Å²) in [5.41, 5.74) is 0.784. The van der Waals surface area contributed by atoms with Gasteiger partial charge in [0.05, 0.1) is 22.7 Å². The number of aromatic nitrogens is 1. The molecule has 132 valence electrons. The number of anilines is 1. The van der Waals surface area contributed by atoms with Crippen molar-refractivity contribution < 1.29 is 9.53 Å². The summed E-state index contributed by atoms with van der Waals surface area (Å²) < 4.78 is 6.34. The second-order valence-electron chi connectivity index (χ2n) is 8.35. The Kier molecular flexibility index (Phi) is 3.56. The fourth-order valence-corrected chi connectivity index (χ4v) is 6.67. The number of nitrogens with one attached hydrogen (secondary N) is 1. The maximum Gasteiger partial charge on any atom is 0.232 e. The van der Waals surface area contributed by atoms with Crippen molar-refractivity contribution in [3.63, 3.8) is 0 Å². The van der Waals surface area contributed by atoms with Gasteiger partial charge in [-0.25, -0.2) is 4.98 Å². The van der Waals surface area contributed by atoms with Crippen LogP contribution in [0.2, 0.25) is 0 Å². The smallest absolute Gasteiger partial charge is 0.232 e. The first-order chi connectivity index (χ1) is 12.1. The molecular formula is C20H24N2O2S. The van der Waals surface area contributed by atoms with Crippen molar-refractivity contribution >= 4 is 32.6 Å². The van der Waals surface area contributed by atoms with Gasteiger partial charge in [-0.2, -0.15) is 0 Å². The minimum Gasteiger partial charge on any atom is -0.497 e. The molecule has 0 spiro atoms. The zero-order valence-electron chi connectivity index (χ0n) is 14.6. The van der Waals surface area contributed by atoms with Gasteiger partial charge in [-0.3, -0.25) is 4.79 Å². The first kappa shape index (κ1) is 15.6. The summed E-state index contributed by atoms with van der Waals surface area (Å²) in [7, 11) is 1.67. The second kappa shape index (κ2) is 5.70. The highest BCUT2D eigenvalue weighted by atomic mass is 32.1. The molecule has 2 atom stereocenters. The largest absolute Gasteiger partial charge is 0.497 e. The van der Waals surface area contributed by atoms with Gasteiger partial charge in [0.25, 0.3) is 0 Å². The fourth-order valence-electron chi connectivity index (χ4n) is 5.78. The number of hydrogen-bond donors (Lipinski definition) is 1. The van der Waals surface area contributed by atoms with Gasteiger partial charge in [0.1, 0.15) is 5.75 Å². The van der Waals surface area contributed by atoms with Crippen LogP contribution in [0, 0.1) is 23.2 Å². The standard InChI is InChI=1S/C20H24N2O2S/c1-24-15-4-5-16-17(8-15)25-19(21-16)22-18(23)20-9-12-2-3-13(10-20)7-14(6-12)11-20/h4-5,8,12-14H,2-3,6-7,9-11H2,1H3,(H,21,22,23)/t12-,13-,14?,20?/m0/s1. The van der Waals surface area contributed by atoms with Crippen molar-refractivity contribution in [2.45, 2.75) is 44.9 Å². The van der Waals surface area contributed by atoms with Gasteiger partial charge in [-0.15, -0.1) is 0 Å². The highest BCUT2D eigenvalue weighted by Gasteiger charge is 2.52. The molecular weight excluding hydrogens is 332 g/mol. The van der Waals surface area contributed by atoms with Crippen LogP contribution in [0.3, 0.4) is 0 Å². The third-order valence-corrected chi connectivity index (χ3v) is 7.59. The molecule has 4 bridgehead atoms. The van der Waals surface area contributed by atoms with Crippen molar-refractivity contribution in [3.05, 3.63) is 18.2 Å². The van der Waals surface area contributed by atoms with Crippen LogP contribution in [0.4, 0.5) is 5.13 Å². The number of nitrogens with zero attached hydrogens (tertiary/aromatic N) is 1. The van der Waals surface area contributed by atoms with Gasteiger partial charge in [-0.1, -0.05) is 24.2 Å². The van der Waals surface area contributed by atoms with E-state index in [0.29, 0.717) is 0 Å². The van der Waals surface area contributed by atoms with Crippen LogP contribution in [-0.2, 0) is 4.79 Å². The molecule has 1 aromatic heterocycles. The van der Waals surface area contributed by atoms with Crippen molar-refractivity contribution in [1.29, 1.82) is 0 Å². The molecule has 4 aliphatic carbocycles. The molecule has 4 saturated carbocycles. The van der Waals surface area contributed by atoms with Crippen LogP contribution in [0.5, 0.6) is 5.75 Å². The number of fused-ring (bicyclic) bond motifs is 2. The van der Waals surface area contributed by atoms with Gasteiger partial charge in [-0.05, 0) is 68.1 Å². The van der Waals surface area contributed by atoms with E-state index < -0.39 is 0 Å². The third-order valence-electron chi connectivity index (χ3n) is 6.65. The Labute approximate surface area is 152 Å². The molecule has 1 heterocycles. The molecule has 0 radical (unpaired) electrons. The molecule has 2 aromatic rings. The number of methoxy groups -OCH3 is 1. The van der Waals surface area contributed by atoms with Gasteiger partial charge < -0.3 is 10.1 Å². The molecule has 25 heavy (non-hydrogen) atoms. The van der Waals surface area contributed by atoms with Crippen molar-refractivity contribution in [2.75, 3.05) is 12.4 Å². The Bertz CT molecular complexity index is 814. The Hall–Kier alpha value is -1.62. The Morgan fingerprint density at radius 2 is 1.92 bits per heavy atom. The van der Waals surface area contributed by atoms with E-state index in [1.807, 2.05) is 18.2 Å². The number of carbonyl (C=O) groups is 1. The number of amides is 1. The quantitative estimate of drug-likeness (QED) is 0.855. The topological polar surface area (TPSA) is 51.2 Å². The molecule has 1 amide bonds. The van der Waals surface area contributed by atoms with Crippen LogP contribution in [0.15, 0.2) is 18.2 Å². The van der Waals surface area contributed by atoms with E-state index in [-0.39, 0.29) is 11.3 Å². The molecule has 0 aliphatic heterocycles. The summed E-state index contributed by atoms with van der Waals surface area (Å²) in [5.74, 6) is 3.34. The van der Waals surface area contributed by atoms with E-state index in [0.717, 1.165) is 58.1 Å². The van der Waals surface area contributed by atoms with Crippen molar-refractivity contribution in [2.24, 2.45) is 23.2 Å². The third kappa shape index (κ3) is 2.64. The van der Waals surface area contributed by atoms with Gasteiger partial charge >= 0.3 is 0 Å². The fraction of sp³-hybridized carbons (Fsp3) is 0.600. The minimum atomic E-state index is -0.136. The van der Waals surface area contributed by atoms with E-state index in [9.17, 15) is 4.79 Å². The summed E-state index contributed by atoms with van der Waals surface area (Å²) in [6.07, 6.45) is 8.63. The first-order valence-corrected chi connectivity index (χ1v) is 10.2. The highest BCUT2D eigenvalue weighted by Crippen LogP contribution is 2.58. The average Bonchev–Trinajstić information content (AvgIpc) is 2.87. The minimum absolute atomic E-state index is 0.136. The summed E-state index contributed by atoms with van der Waals surface area (Å²) in [6, 6.07) is 5.85. The monoisotopic (exact) mass is 356 g/mol. The van der Waals surface area contributed by atoms with Crippen LogP contribution < -0.4 is 10.1 Å². The van der Waals surface area contributed by atoms with E-state index in [1.165, 1.54) is 25.7 Å². The van der Waals surface area contributed by atoms with Crippen LogP contribution in [0.1, 0.15) is 44.9 Å². The molecule has 4 nitrogen and oxygen atoms in total. The number of benzene rings is 1. The van der Waals surface area contributed by atoms with Gasteiger partial charge in [0.2, 0.25) is 5.91 Å². The lowest BCUT2D eigenvalue weighted by Crippen LogP contribution is -2.45. The maximum absolute atomic E-state index is 13.2. The number of rotatable bonds is 3. The number of hydrogen-bond acceptors (Lipinski definition) is 4. The highest BCUT2D eigenvalue weighted by molar-refractivity contribution is 7.22. The zero-order valence-corrected chi connectivity index (χ0v) is 15.4. The average molecular weight is 356 g/mol. The lowest BCUT2D eigenvalue weighted by atomic mass is 9.58. The second-order valence-corrected chi connectivity index (χ2v) is 9.38. The molecule has 6 rings (SSSR count). The zero-order chi connectivity index (χ0) is 17.0. The van der Waals surface area contributed by atoms with Crippen molar-refractivity contribution in [1.82, 2.24) is 4.98 Å². The predicted octanol–water partition coefficient (Wildman–Crippen LogP) is 4.85. The SMILES string of the molecule is COc1ccc2nc(NC(=O)C34CC5C[C@H](CC[C@@H](C5)C3)C4)sc2c1. The van der Waals surface area contributed by atoms with Gasteiger partial charge in [0, 0.05) is 0 Å². The summed E-state index contributed by atoms with van der Waals surface area (Å²) in [5, 5.41) is 3.91. The van der Waals surface area contributed by atoms with Crippen LogP contribution in [0.25, 0.3) is 10.2 Å². The number of carbonyl (C=O) groups excluding carboxylic acids is 1. The van der Waals surface area contributed by atoms with Crippen LogP contribution >= 0.6 is 11.3 Å². The Morgan fingerprint density at radius 3 is 2.64 bits per heavy atom. The molecule has 4 fully saturated rings. The lowest BCUT2D eigenvalue weighted by Gasteiger charge is -2.46.